The van der Waals surface area contributed by atoms with Crippen LogP contribution in [0.5, 0.6) is 0 Å². The highest BCUT2D eigenvalue weighted by Gasteiger charge is 2.35. The monoisotopic (exact) mass is 688 g/mol. The minimum absolute atomic E-state index is 0.0963. The molecule has 1 aromatic carbocycles. The molecule has 0 spiro atoms. The van der Waals surface area contributed by atoms with Crippen LogP contribution in [0.3, 0.4) is 0 Å². The van der Waals surface area contributed by atoms with Gasteiger partial charge >= 0.3 is 12.0 Å². The van der Waals surface area contributed by atoms with Crippen LogP contribution in [0.1, 0.15) is 99.0 Å². The van der Waals surface area contributed by atoms with Crippen molar-refractivity contribution in [2.24, 2.45) is 23.5 Å². The number of anilines is 1. The van der Waals surface area contributed by atoms with Crippen molar-refractivity contribution < 1.29 is 38.3 Å². The molecular formula is C35H56N6O8. The lowest BCUT2D eigenvalue weighted by Crippen LogP contribution is -2.54. The summed E-state index contributed by atoms with van der Waals surface area (Å²) in [6, 6.07) is 4.14. The van der Waals surface area contributed by atoms with Gasteiger partial charge in [0, 0.05) is 37.5 Å². The number of carbonyl (C=O) groups excluding carboxylic acids is 7. The fraction of sp³-hybridized carbons (Fsp3) is 0.629. The normalized spacial score (nSPS) is 15.2. The number of nitrogens with two attached hydrogens (primary N) is 1. The second-order valence-corrected chi connectivity index (χ2v) is 12.5. The Morgan fingerprint density at radius 1 is 0.918 bits per heavy atom. The maximum absolute atomic E-state index is 13.4. The van der Waals surface area contributed by atoms with Gasteiger partial charge in [0.2, 0.25) is 29.5 Å². The topological polar surface area (TPSA) is 206 Å². The molecule has 7 amide bonds. The molecule has 49 heavy (non-hydrogen) atoms. The molecule has 0 radical (unpaired) electrons. The highest BCUT2D eigenvalue weighted by molar-refractivity contribution is 6.03. The molecule has 0 aromatic heterocycles. The number of benzene rings is 1. The first-order valence-electron chi connectivity index (χ1n) is 17.2. The predicted molar refractivity (Wildman–Crippen MR) is 186 cm³/mol. The second-order valence-electron chi connectivity index (χ2n) is 12.5. The third-order valence-electron chi connectivity index (χ3n) is 7.70. The zero-order valence-electron chi connectivity index (χ0n) is 30.1. The van der Waals surface area contributed by atoms with Gasteiger partial charge in [0.05, 0.1) is 5.92 Å². The predicted octanol–water partition coefficient (Wildman–Crippen LogP) is 3.38. The van der Waals surface area contributed by atoms with E-state index >= 15 is 0 Å². The Hall–Kier alpha value is -4.49. The molecule has 1 fully saturated rings. The van der Waals surface area contributed by atoms with E-state index in [2.05, 4.69) is 21.3 Å². The minimum Gasteiger partial charge on any atom is -0.461 e. The third-order valence-corrected chi connectivity index (χ3v) is 7.70. The lowest BCUT2D eigenvalue weighted by atomic mass is 10.0. The Bertz CT molecular complexity index is 1270. The number of esters is 1. The second kappa shape index (κ2) is 22.2. The van der Waals surface area contributed by atoms with Gasteiger partial charge in [-0.05, 0) is 49.3 Å². The average Bonchev–Trinajstić information content (AvgIpc) is 3.30. The number of unbranched alkanes of at least 4 members (excludes halogenated alkanes) is 2. The van der Waals surface area contributed by atoms with Crippen LogP contribution >= 0.6 is 0 Å². The molecule has 0 aliphatic carbocycles. The van der Waals surface area contributed by atoms with Crippen molar-refractivity contribution in [3.63, 3.8) is 0 Å². The number of imide groups is 1. The first-order valence-corrected chi connectivity index (χ1v) is 17.2. The minimum atomic E-state index is -0.985. The highest BCUT2D eigenvalue weighted by atomic mass is 16.5. The summed E-state index contributed by atoms with van der Waals surface area (Å²) in [7, 11) is 0. The lowest BCUT2D eigenvalue weighted by Gasteiger charge is -2.25. The lowest BCUT2D eigenvalue weighted by molar-refractivity contribution is -0.148. The summed E-state index contributed by atoms with van der Waals surface area (Å²) in [5.74, 6) is -2.81. The number of rotatable bonds is 19. The van der Waals surface area contributed by atoms with Crippen LogP contribution in [0.25, 0.3) is 0 Å². The zero-order valence-corrected chi connectivity index (χ0v) is 30.1. The molecular weight excluding hydrogens is 632 g/mol. The first-order chi connectivity index (χ1) is 23.2. The van der Waals surface area contributed by atoms with Crippen molar-refractivity contribution in [2.45, 2.75) is 112 Å². The van der Waals surface area contributed by atoms with Crippen LogP contribution in [0.4, 0.5) is 10.5 Å². The van der Waals surface area contributed by atoms with Gasteiger partial charge in [0.25, 0.3) is 0 Å². The van der Waals surface area contributed by atoms with Crippen LogP contribution in [0.2, 0.25) is 0 Å². The fourth-order valence-electron chi connectivity index (χ4n) is 4.88. The summed E-state index contributed by atoms with van der Waals surface area (Å²) in [6.45, 7) is 13.4. The van der Waals surface area contributed by atoms with E-state index in [4.69, 9.17) is 10.5 Å². The Morgan fingerprint density at radius 3 is 2.12 bits per heavy atom. The van der Waals surface area contributed by atoms with Crippen molar-refractivity contribution in [1.82, 2.24) is 20.9 Å². The number of ether oxygens (including phenoxy) is 1. The average molecular weight is 689 g/mol. The molecule has 6 N–H and O–H groups in total. The van der Waals surface area contributed by atoms with E-state index in [1.54, 1.807) is 58.9 Å². The highest BCUT2D eigenvalue weighted by Crippen LogP contribution is 2.19. The summed E-state index contributed by atoms with van der Waals surface area (Å²) in [5, 5.41) is 10.8. The van der Waals surface area contributed by atoms with Crippen molar-refractivity contribution in [1.29, 1.82) is 0 Å². The number of nitrogens with zero attached hydrogens (tertiary/aromatic N) is 1. The standard InChI is InChI=1S/C33H50N6O8.C2H6/c1-20(2)28(38-26(40)11-7-6-8-17-39-27(41)18-22(5)31(39)44)30(43)37-25(10-9-16-35-33(34)46)29(42)36-24-14-12-23(13-15-24)19-47-32(45)21(3)4;1-2/h12-15,20-22,25,28H,6-11,16-19H2,1-5H3,(H,36,42)(H,37,43)(H,38,40)(H3,34,35,46);1-2H3. The van der Waals surface area contributed by atoms with E-state index in [1.165, 1.54) is 4.90 Å². The molecule has 1 heterocycles. The summed E-state index contributed by atoms with van der Waals surface area (Å²) >= 11 is 0. The molecule has 1 aromatic rings. The van der Waals surface area contributed by atoms with Crippen molar-refractivity contribution >= 4 is 47.2 Å². The van der Waals surface area contributed by atoms with Gasteiger partial charge in [-0.15, -0.1) is 0 Å². The number of amides is 7. The van der Waals surface area contributed by atoms with Crippen LogP contribution in [0, 0.1) is 17.8 Å². The van der Waals surface area contributed by atoms with Gasteiger partial charge in [0.15, 0.2) is 0 Å². The van der Waals surface area contributed by atoms with Crippen LogP contribution in [0.15, 0.2) is 24.3 Å². The number of primary amides is 1. The van der Waals surface area contributed by atoms with E-state index in [9.17, 15) is 33.6 Å². The molecule has 1 aliphatic heterocycles. The molecule has 1 saturated heterocycles. The molecule has 0 saturated carbocycles. The van der Waals surface area contributed by atoms with Crippen LogP contribution in [-0.4, -0.2) is 71.6 Å². The summed E-state index contributed by atoms with van der Waals surface area (Å²) < 4.78 is 5.23. The SMILES string of the molecule is CC.CC(C)C(=O)OCc1ccc(NC(=O)C(CCCNC(N)=O)NC(=O)C(NC(=O)CCCCCN2C(=O)CC(C)C2=O)C(C)C)cc1. The van der Waals surface area contributed by atoms with Crippen molar-refractivity contribution in [2.75, 3.05) is 18.4 Å². The summed E-state index contributed by atoms with van der Waals surface area (Å²) in [5.41, 5.74) is 6.34. The van der Waals surface area contributed by atoms with E-state index in [0.29, 0.717) is 37.9 Å². The number of nitrogens with one attached hydrogen (secondary N) is 4. The number of carbonyl (C=O) groups is 7. The third kappa shape index (κ3) is 15.5. The van der Waals surface area contributed by atoms with Gasteiger partial charge in [-0.1, -0.05) is 67.0 Å². The van der Waals surface area contributed by atoms with Crippen molar-refractivity contribution in [3.8, 4) is 0 Å². The number of hydrogen-bond acceptors (Lipinski definition) is 8. The van der Waals surface area contributed by atoms with Crippen molar-refractivity contribution in [3.05, 3.63) is 29.8 Å². The van der Waals surface area contributed by atoms with Gasteiger partial charge in [-0.2, -0.15) is 0 Å². The van der Waals surface area contributed by atoms with Crippen LogP contribution < -0.4 is 27.0 Å². The Kier molecular flexibility index (Phi) is 19.3. The molecule has 14 heteroatoms. The van der Waals surface area contributed by atoms with E-state index in [0.717, 1.165) is 5.56 Å². The van der Waals surface area contributed by atoms with E-state index in [-0.39, 0.29) is 73.9 Å². The Morgan fingerprint density at radius 2 is 1.57 bits per heavy atom. The molecule has 2 rings (SSSR count). The van der Waals surface area contributed by atoms with E-state index in [1.807, 2.05) is 13.8 Å². The Balaban J connectivity index is 0.00000589. The summed E-state index contributed by atoms with van der Waals surface area (Å²) in [6.07, 6.45) is 2.64. The fourth-order valence-corrected chi connectivity index (χ4v) is 4.88. The number of hydrogen-bond donors (Lipinski definition) is 5. The first kappa shape index (κ1) is 42.5. The molecule has 1 aliphatic rings. The molecule has 14 nitrogen and oxygen atoms in total. The smallest absolute Gasteiger partial charge is 0.312 e. The Labute approximate surface area is 290 Å². The molecule has 3 atom stereocenters. The molecule has 0 bridgehead atoms. The largest absolute Gasteiger partial charge is 0.461 e. The van der Waals surface area contributed by atoms with Gasteiger partial charge in [-0.3, -0.25) is 33.7 Å². The van der Waals surface area contributed by atoms with Gasteiger partial charge in [0.1, 0.15) is 18.7 Å². The number of urea groups is 1. The van der Waals surface area contributed by atoms with Gasteiger partial charge in [-0.25, -0.2) is 4.79 Å². The molecule has 3 unspecified atom stereocenters. The van der Waals surface area contributed by atoms with Gasteiger partial charge < -0.3 is 31.7 Å². The number of likely N-dealkylation sites (tertiary alicyclic amines) is 1. The van der Waals surface area contributed by atoms with Crippen LogP contribution in [-0.2, 0) is 40.1 Å². The zero-order chi connectivity index (χ0) is 37.1. The summed E-state index contributed by atoms with van der Waals surface area (Å²) in [4.78, 5) is 87.5. The van der Waals surface area contributed by atoms with E-state index < -0.39 is 29.9 Å². The maximum atomic E-state index is 13.4. The maximum Gasteiger partial charge on any atom is 0.312 e. The molecule has 274 valence electrons. The quantitative estimate of drug-likeness (QED) is 0.0825.